The third-order valence-corrected chi connectivity index (χ3v) is 4.84. The Hall–Kier alpha value is -2.59. The fourth-order valence-electron chi connectivity index (χ4n) is 2.40. The fraction of sp³-hybridized carbons (Fsp3) is 0.381. The maximum atomic E-state index is 8.67. The number of aromatic amines is 1. The molecule has 0 saturated carbocycles. The molecule has 30 heavy (non-hydrogen) atoms. The Morgan fingerprint density at radius 2 is 2.03 bits per heavy atom. The molecule has 0 spiro atoms. The molecule has 1 saturated heterocycles. The molecule has 1 unspecified atom stereocenters. The number of carbonyl (C=O) groups is 1. The van der Waals surface area contributed by atoms with Crippen LogP contribution in [0.4, 0.5) is 0 Å². The van der Waals surface area contributed by atoms with Gasteiger partial charge in [0.1, 0.15) is 0 Å². The number of hydrogen-bond acceptors (Lipinski definition) is 7. The summed E-state index contributed by atoms with van der Waals surface area (Å²) in [6.07, 6.45) is 7.57. The zero-order chi connectivity index (χ0) is 22.0. The van der Waals surface area contributed by atoms with E-state index in [2.05, 4.69) is 57.0 Å². The number of thiazole rings is 1. The van der Waals surface area contributed by atoms with Crippen LogP contribution in [0.1, 0.15) is 17.5 Å². The van der Waals surface area contributed by atoms with Crippen molar-refractivity contribution in [3.8, 4) is 10.4 Å². The first-order chi connectivity index (χ1) is 14.6. The highest BCUT2D eigenvalue weighted by Crippen LogP contribution is 2.22. The Kier molecular flexibility index (Phi) is 13.8. The van der Waals surface area contributed by atoms with E-state index in [0.29, 0.717) is 0 Å². The number of aliphatic hydroxyl groups is 1. The standard InChI is InChI=1S/C10H9NS.C6H11N3.C4H9NO.CH2O2/c1-8-2-4-9(5-3-8)10-6-11-7-12-10;1-7-3-2-6-4-8-9-5-6;6-4-1-2-5-3-4;2-1-3/h2-7H,1H3;4-5,7H,2-3H2,1H3,(H,8,9);4-6H,1-3H2;1H,(H,2,3). The highest BCUT2D eigenvalue weighted by molar-refractivity contribution is 7.13. The van der Waals surface area contributed by atoms with Crippen LogP contribution in [0.2, 0.25) is 0 Å². The second kappa shape index (κ2) is 16.2. The highest BCUT2D eigenvalue weighted by Gasteiger charge is 2.08. The van der Waals surface area contributed by atoms with Gasteiger partial charge in [-0.2, -0.15) is 5.10 Å². The van der Waals surface area contributed by atoms with E-state index in [4.69, 9.17) is 15.0 Å². The molecule has 5 N–H and O–H groups in total. The SMILES string of the molecule is CNCCc1cn[nH]c1.Cc1ccc(-c2cncs2)cc1.O=CO.OC1CCNC1. The maximum Gasteiger partial charge on any atom is 0.290 e. The normalized spacial score (nSPS) is 14.3. The number of aliphatic hydroxyl groups excluding tert-OH is 1. The molecule has 2 aromatic heterocycles. The number of carboxylic acid groups (broad SMARTS) is 1. The van der Waals surface area contributed by atoms with Crippen LogP contribution in [-0.4, -0.2) is 64.7 Å². The minimum atomic E-state index is -0.250. The molecule has 3 aromatic rings. The fourth-order valence-corrected chi connectivity index (χ4v) is 3.03. The number of likely N-dealkylation sites (N-methyl/N-ethyl adjacent to an activating group) is 1. The average Bonchev–Trinajstić information content (AvgIpc) is 3.52. The highest BCUT2D eigenvalue weighted by atomic mass is 32.1. The van der Waals surface area contributed by atoms with E-state index < -0.39 is 0 Å². The van der Waals surface area contributed by atoms with Gasteiger partial charge in [0.25, 0.3) is 6.47 Å². The molecule has 0 aliphatic carbocycles. The molecule has 0 radical (unpaired) electrons. The van der Waals surface area contributed by atoms with Crippen molar-refractivity contribution >= 4 is 17.8 Å². The van der Waals surface area contributed by atoms with Crippen LogP contribution < -0.4 is 10.6 Å². The second-order valence-corrected chi connectivity index (χ2v) is 7.33. The first kappa shape index (κ1) is 25.4. The minimum Gasteiger partial charge on any atom is -0.483 e. The lowest BCUT2D eigenvalue weighted by Crippen LogP contribution is -2.11. The van der Waals surface area contributed by atoms with Crippen molar-refractivity contribution in [2.24, 2.45) is 0 Å². The number of aryl methyl sites for hydroxylation is 1. The summed E-state index contributed by atoms with van der Waals surface area (Å²) in [5.41, 5.74) is 5.66. The lowest BCUT2D eigenvalue weighted by molar-refractivity contribution is -0.122. The Labute approximate surface area is 181 Å². The van der Waals surface area contributed by atoms with Gasteiger partial charge in [-0.3, -0.25) is 14.9 Å². The number of H-pyrrole nitrogens is 1. The van der Waals surface area contributed by atoms with Gasteiger partial charge in [-0.15, -0.1) is 11.3 Å². The van der Waals surface area contributed by atoms with Gasteiger partial charge in [0.15, 0.2) is 0 Å². The van der Waals surface area contributed by atoms with Crippen LogP contribution in [0.5, 0.6) is 0 Å². The number of benzene rings is 1. The van der Waals surface area contributed by atoms with E-state index in [0.717, 1.165) is 32.5 Å². The third kappa shape index (κ3) is 11.4. The van der Waals surface area contributed by atoms with E-state index in [9.17, 15) is 0 Å². The van der Waals surface area contributed by atoms with Crippen LogP contribution in [-0.2, 0) is 11.2 Å². The molecule has 4 rings (SSSR count). The molecule has 1 atom stereocenters. The third-order valence-electron chi connectivity index (χ3n) is 4.02. The summed E-state index contributed by atoms with van der Waals surface area (Å²) < 4.78 is 0. The van der Waals surface area contributed by atoms with Gasteiger partial charge in [-0.1, -0.05) is 29.8 Å². The van der Waals surface area contributed by atoms with E-state index in [-0.39, 0.29) is 12.6 Å². The van der Waals surface area contributed by atoms with E-state index in [1.165, 1.54) is 21.6 Å². The van der Waals surface area contributed by atoms with E-state index >= 15 is 0 Å². The van der Waals surface area contributed by atoms with Crippen LogP contribution >= 0.6 is 11.3 Å². The zero-order valence-corrected chi connectivity index (χ0v) is 18.2. The van der Waals surface area contributed by atoms with Crippen LogP contribution in [0.3, 0.4) is 0 Å². The van der Waals surface area contributed by atoms with Crippen molar-refractivity contribution in [1.82, 2.24) is 25.8 Å². The van der Waals surface area contributed by atoms with Gasteiger partial charge < -0.3 is 20.8 Å². The molecular weight excluding hydrogens is 402 g/mol. The monoisotopic (exact) mass is 433 g/mol. The number of aromatic nitrogens is 3. The van der Waals surface area contributed by atoms with Crippen LogP contribution in [0, 0.1) is 6.92 Å². The van der Waals surface area contributed by atoms with Crippen molar-refractivity contribution in [3.63, 3.8) is 0 Å². The molecule has 164 valence electrons. The summed E-state index contributed by atoms with van der Waals surface area (Å²) in [5.74, 6) is 0. The Morgan fingerprint density at radius 3 is 2.47 bits per heavy atom. The lowest BCUT2D eigenvalue weighted by Gasteiger charge is -1.95. The Balaban J connectivity index is 0.000000221. The van der Waals surface area contributed by atoms with Gasteiger partial charge in [-0.05, 0) is 51.0 Å². The first-order valence-corrected chi connectivity index (χ1v) is 10.5. The summed E-state index contributed by atoms with van der Waals surface area (Å²) in [5, 5.41) is 28.2. The Morgan fingerprint density at radius 1 is 1.30 bits per heavy atom. The van der Waals surface area contributed by atoms with Gasteiger partial charge in [0.05, 0.1) is 22.7 Å². The first-order valence-electron chi connectivity index (χ1n) is 9.65. The molecule has 1 aliphatic rings. The summed E-state index contributed by atoms with van der Waals surface area (Å²) in [6.45, 7) is 4.64. The number of nitrogens with zero attached hydrogens (tertiary/aromatic N) is 2. The Bertz CT molecular complexity index is 759. The number of rotatable bonds is 4. The second-order valence-electron chi connectivity index (χ2n) is 6.44. The molecule has 0 bridgehead atoms. The molecule has 8 nitrogen and oxygen atoms in total. The van der Waals surface area contributed by atoms with E-state index in [1.807, 2.05) is 31.1 Å². The topological polar surface area (TPSA) is 123 Å². The number of β-amino-alcohol motifs (C(OH)–C–C–N with tert-alkyl or cyclic N) is 1. The molecule has 1 fully saturated rings. The quantitative estimate of drug-likeness (QED) is 0.400. The summed E-state index contributed by atoms with van der Waals surface area (Å²) >= 11 is 1.67. The number of nitrogens with one attached hydrogen (secondary N) is 3. The molecule has 1 aromatic carbocycles. The van der Waals surface area contributed by atoms with Crippen molar-refractivity contribution in [1.29, 1.82) is 0 Å². The average molecular weight is 434 g/mol. The molecular formula is C21H31N5O3S. The van der Waals surface area contributed by atoms with Crippen LogP contribution in [0.15, 0.2) is 48.4 Å². The van der Waals surface area contributed by atoms with Crippen molar-refractivity contribution in [2.45, 2.75) is 25.9 Å². The van der Waals surface area contributed by atoms with Crippen molar-refractivity contribution < 1.29 is 15.0 Å². The maximum absolute atomic E-state index is 8.67. The predicted octanol–water partition coefficient (Wildman–Crippen LogP) is 2.33. The van der Waals surface area contributed by atoms with Gasteiger partial charge in [-0.25, -0.2) is 0 Å². The summed E-state index contributed by atoms with van der Waals surface area (Å²) in [7, 11) is 1.94. The minimum absolute atomic E-state index is 0.0648. The molecule has 9 heteroatoms. The lowest BCUT2D eigenvalue weighted by atomic mass is 10.1. The molecule has 3 heterocycles. The van der Waals surface area contributed by atoms with Crippen molar-refractivity contribution in [2.75, 3.05) is 26.7 Å². The number of hydrogen-bond donors (Lipinski definition) is 5. The smallest absolute Gasteiger partial charge is 0.290 e. The summed E-state index contributed by atoms with van der Waals surface area (Å²) in [4.78, 5) is 13.6. The molecule has 0 amide bonds. The van der Waals surface area contributed by atoms with Crippen molar-refractivity contribution in [3.05, 3.63) is 59.5 Å². The molecule has 1 aliphatic heterocycles. The van der Waals surface area contributed by atoms with Gasteiger partial charge in [0.2, 0.25) is 0 Å². The summed E-state index contributed by atoms with van der Waals surface area (Å²) in [6, 6.07) is 8.50. The van der Waals surface area contributed by atoms with E-state index in [1.54, 1.807) is 11.3 Å². The van der Waals surface area contributed by atoms with Crippen LogP contribution in [0.25, 0.3) is 10.4 Å². The van der Waals surface area contributed by atoms with Gasteiger partial charge >= 0.3 is 0 Å². The zero-order valence-electron chi connectivity index (χ0n) is 17.4. The van der Waals surface area contributed by atoms with Gasteiger partial charge in [0, 0.05) is 18.9 Å². The predicted molar refractivity (Wildman–Crippen MR) is 121 cm³/mol. The largest absolute Gasteiger partial charge is 0.483 e.